The highest BCUT2D eigenvalue weighted by atomic mass is 16.6. The standard InChI is InChI=1S/C36H47N3O3/c1-8-11-16-32-37-33-26(4)17-22-31(41-24-23-38(9-2)10-3)34(33)39(32)25-27-18-20-28(21-19-27)29-14-12-13-15-30(29)35(40)42-36(5,6)7/h12-15,17-22H,8-11,16,23-25H2,1-7H3. The minimum absolute atomic E-state index is 0.309. The quantitative estimate of drug-likeness (QED) is 0.152. The fourth-order valence-electron chi connectivity index (χ4n) is 5.24. The van der Waals surface area contributed by atoms with E-state index in [0.29, 0.717) is 18.7 Å². The number of aryl methyl sites for hydroxylation is 2. The molecule has 6 heteroatoms. The normalized spacial score (nSPS) is 11.8. The number of rotatable bonds is 13. The molecule has 0 saturated carbocycles. The Morgan fingerprint density at radius 2 is 1.67 bits per heavy atom. The molecular weight excluding hydrogens is 522 g/mol. The molecule has 0 fully saturated rings. The molecule has 4 rings (SSSR count). The highest BCUT2D eigenvalue weighted by Gasteiger charge is 2.21. The molecule has 0 N–H and O–H groups in total. The molecule has 0 atom stereocenters. The summed E-state index contributed by atoms with van der Waals surface area (Å²) in [6.07, 6.45) is 3.12. The molecule has 42 heavy (non-hydrogen) atoms. The molecule has 1 heterocycles. The summed E-state index contributed by atoms with van der Waals surface area (Å²) in [6.45, 7) is 18.6. The first-order chi connectivity index (χ1) is 20.1. The molecule has 0 radical (unpaired) electrons. The highest BCUT2D eigenvalue weighted by molar-refractivity contribution is 5.97. The van der Waals surface area contributed by atoms with Crippen LogP contribution in [0, 0.1) is 6.92 Å². The van der Waals surface area contributed by atoms with Crippen LogP contribution in [-0.4, -0.2) is 52.3 Å². The van der Waals surface area contributed by atoms with Gasteiger partial charge in [0.15, 0.2) is 0 Å². The maximum Gasteiger partial charge on any atom is 0.339 e. The van der Waals surface area contributed by atoms with E-state index in [1.807, 2.05) is 45.0 Å². The van der Waals surface area contributed by atoms with E-state index in [2.05, 4.69) is 73.6 Å². The van der Waals surface area contributed by atoms with Crippen molar-refractivity contribution in [3.8, 4) is 16.9 Å². The van der Waals surface area contributed by atoms with Gasteiger partial charge in [0, 0.05) is 19.5 Å². The Hall–Kier alpha value is -3.64. The van der Waals surface area contributed by atoms with Crippen molar-refractivity contribution in [3.63, 3.8) is 0 Å². The fourth-order valence-corrected chi connectivity index (χ4v) is 5.24. The van der Waals surface area contributed by atoms with Crippen molar-refractivity contribution in [2.75, 3.05) is 26.2 Å². The fraction of sp³-hybridized carbons (Fsp3) is 0.444. The zero-order valence-corrected chi connectivity index (χ0v) is 26.5. The number of benzene rings is 3. The number of carbonyl (C=O) groups excluding carboxylic acids is 1. The third kappa shape index (κ3) is 7.60. The predicted molar refractivity (Wildman–Crippen MR) is 173 cm³/mol. The third-order valence-electron chi connectivity index (χ3n) is 7.60. The molecular formula is C36H47N3O3. The van der Waals surface area contributed by atoms with E-state index in [9.17, 15) is 4.79 Å². The molecule has 6 nitrogen and oxygen atoms in total. The number of hydrogen-bond acceptors (Lipinski definition) is 5. The van der Waals surface area contributed by atoms with Crippen LogP contribution in [0.25, 0.3) is 22.2 Å². The van der Waals surface area contributed by atoms with Gasteiger partial charge in [-0.3, -0.25) is 0 Å². The molecule has 0 unspecified atom stereocenters. The zero-order valence-electron chi connectivity index (χ0n) is 26.5. The largest absolute Gasteiger partial charge is 0.490 e. The molecule has 0 aliphatic rings. The van der Waals surface area contributed by atoms with Crippen molar-refractivity contribution in [2.45, 2.75) is 79.9 Å². The second-order valence-corrected chi connectivity index (χ2v) is 11.9. The maximum atomic E-state index is 12.9. The topological polar surface area (TPSA) is 56.6 Å². The van der Waals surface area contributed by atoms with Gasteiger partial charge < -0.3 is 18.9 Å². The van der Waals surface area contributed by atoms with Gasteiger partial charge in [-0.25, -0.2) is 9.78 Å². The number of carbonyl (C=O) groups is 1. The van der Waals surface area contributed by atoms with Gasteiger partial charge in [-0.15, -0.1) is 0 Å². The molecule has 1 aromatic heterocycles. The Morgan fingerprint density at radius 1 is 0.952 bits per heavy atom. The van der Waals surface area contributed by atoms with Gasteiger partial charge in [-0.05, 0) is 81.6 Å². The van der Waals surface area contributed by atoms with Crippen LogP contribution >= 0.6 is 0 Å². The monoisotopic (exact) mass is 569 g/mol. The van der Waals surface area contributed by atoms with Gasteiger partial charge in [0.05, 0.1) is 11.1 Å². The lowest BCUT2D eigenvalue weighted by Crippen LogP contribution is -2.28. The van der Waals surface area contributed by atoms with E-state index in [-0.39, 0.29) is 5.97 Å². The number of esters is 1. The van der Waals surface area contributed by atoms with Gasteiger partial charge in [-0.1, -0.05) is 75.7 Å². The van der Waals surface area contributed by atoms with Crippen molar-refractivity contribution in [3.05, 3.63) is 83.2 Å². The first-order valence-corrected chi connectivity index (χ1v) is 15.4. The number of aromatic nitrogens is 2. The molecule has 224 valence electrons. The summed E-state index contributed by atoms with van der Waals surface area (Å²) in [4.78, 5) is 20.4. The Balaban J connectivity index is 1.66. The summed E-state index contributed by atoms with van der Waals surface area (Å²) in [5, 5.41) is 0. The average Bonchev–Trinajstić information content (AvgIpc) is 3.33. The number of fused-ring (bicyclic) bond motifs is 1. The van der Waals surface area contributed by atoms with Crippen molar-refractivity contribution in [1.29, 1.82) is 0 Å². The Bertz CT molecular complexity index is 1480. The first kappa shape index (κ1) is 31.3. The van der Waals surface area contributed by atoms with Crippen LogP contribution < -0.4 is 4.74 Å². The minimum Gasteiger partial charge on any atom is -0.490 e. The van der Waals surface area contributed by atoms with Gasteiger partial charge >= 0.3 is 5.97 Å². The summed E-state index contributed by atoms with van der Waals surface area (Å²) in [6, 6.07) is 20.3. The first-order valence-electron chi connectivity index (χ1n) is 15.4. The molecule has 0 bridgehead atoms. The van der Waals surface area contributed by atoms with Crippen molar-refractivity contribution >= 4 is 17.0 Å². The van der Waals surface area contributed by atoms with Gasteiger partial charge in [0.25, 0.3) is 0 Å². The number of likely N-dealkylation sites (N-methyl/N-ethyl adjacent to an activating group) is 1. The van der Waals surface area contributed by atoms with Crippen LogP contribution in [0.3, 0.4) is 0 Å². The Morgan fingerprint density at radius 3 is 2.33 bits per heavy atom. The smallest absolute Gasteiger partial charge is 0.339 e. The summed E-state index contributed by atoms with van der Waals surface area (Å²) < 4.78 is 14.4. The zero-order chi connectivity index (χ0) is 30.3. The van der Waals surface area contributed by atoms with E-state index in [1.165, 1.54) is 5.56 Å². The lowest BCUT2D eigenvalue weighted by molar-refractivity contribution is 0.00704. The molecule has 0 saturated heterocycles. The highest BCUT2D eigenvalue weighted by Crippen LogP contribution is 2.32. The second kappa shape index (κ2) is 14.0. The van der Waals surface area contributed by atoms with Crippen LogP contribution in [0.1, 0.15) is 81.7 Å². The second-order valence-electron chi connectivity index (χ2n) is 11.9. The van der Waals surface area contributed by atoms with Gasteiger partial charge in [0.2, 0.25) is 0 Å². The molecule has 0 aliphatic carbocycles. The molecule has 0 amide bonds. The number of imidazole rings is 1. The Labute approximate surface area is 251 Å². The van der Waals surface area contributed by atoms with E-state index >= 15 is 0 Å². The number of unbranched alkanes of at least 4 members (excludes halogenated alkanes) is 1. The summed E-state index contributed by atoms with van der Waals surface area (Å²) in [7, 11) is 0. The number of nitrogens with zero attached hydrogens (tertiary/aromatic N) is 3. The van der Waals surface area contributed by atoms with E-state index in [4.69, 9.17) is 14.5 Å². The van der Waals surface area contributed by atoms with Crippen LogP contribution in [0.2, 0.25) is 0 Å². The van der Waals surface area contributed by atoms with E-state index in [1.54, 1.807) is 0 Å². The maximum absolute atomic E-state index is 12.9. The summed E-state index contributed by atoms with van der Waals surface area (Å²) >= 11 is 0. The Kier molecular flexibility index (Phi) is 10.4. The molecule has 4 aromatic rings. The minimum atomic E-state index is -0.552. The van der Waals surface area contributed by atoms with Crippen LogP contribution in [0.5, 0.6) is 5.75 Å². The van der Waals surface area contributed by atoms with Crippen LogP contribution in [0.15, 0.2) is 60.7 Å². The predicted octanol–water partition coefficient (Wildman–Crippen LogP) is 8.08. The molecule has 0 aliphatic heterocycles. The van der Waals surface area contributed by atoms with Crippen molar-refractivity contribution < 1.29 is 14.3 Å². The average molecular weight is 570 g/mol. The van der Waals surface area contributed by atoms with Crippen LogP contribution in [0.4, 0.5) is 0 Å². The SMILES string of the molecule is CCCCc1nc2c(C)ccc(OCCN(CC)CC)c2n1Cc1ccc(-c2ccccc2C(=O)OC(C)(C)C)cc1. The third-order valence-corrected chi connectivity index (χ3v) is 7.60. The van der Waals surface area contributed by atoms with Crippen LogP contribution in [-0.2, 0) is 17.7 Å². The number of ether oxygens (including phenoxy) is 2. The molecule has 0 spiro atoms. The van der Waals surface area contributed by atoms with E-state index < -0.39 is 5.60 Å². The van der Waals surface area contributed by atoms with Crippen molar-refractivity contribution in [1.82, 2.24) is 14.5 Å². The summed E-state index contributed by atoms with van der Waals surface area (Å²) in [5.74, 6) is 1.67. The lowest BCUT2D eigenvalue weighted by Gasteiger charge is -2.20. The van der Waals surface area contributed by atoms with Crippen molar-refractivity contribution in [2.24, 2.45) is 0 Å². The lowest BCUT2D eigenvalue weighted by atomic mass is 9.98. The van der Waals surface area contributed by atoms with Gasteiger partial charge in [-0.2, -0.15) is 0 Å². The molecule has 3 aromatic carbocycles. The van der Waals surface area contributed by atoms with E-state index in [0.717, 1.165) is 78.2 Å². The summed E-state index contributed by atoms with van der Waals surface area (Å²) in [5.41, 5.74) is 6.29. The number of hydrogen-bond donors (Lipinski definition) is 0. The van der Waals surface area contributed by atoms with Gasteiger partial charge in [0.1, 0.15) is 29.3 Å².